The number of carbonyl (C=O) groups is 2. The van der Waals surface area contributed by atoms with E-state index in [4.69, 9.17) is 9.94 Å². The van der Waals surface area contributed by atoms with Crippen molar-refractivity contribution in [1.82, 2.24) is 20.7 Å². The number of likely N-dealkylation sites (tertiary alicyclic amines) is 1. The Balaban J connectivity index is 1.40. The number of amides is 2. The Kier molecular flexibility index (Phi) is 9.02. The summed E-state index contributed by atoms with van der Waals surface area (Å²) >= 11 is 1.80. The molecule has 0 unspecified atom stereocenters. The Labute approximate surface area is 221 Å². The average molecular weight is 523 g/mol. The first-order valence-electron chi connectivity index (χ1n) is 12.5. The molecule has 8 nitrogen and oxygen atoms in total. The van der Waals surface area contributed by atoms with Crippen molar-refractivity contribution in [3.63, 3.8) is 0 Å². The van der Waals surface area contributed by atoms with Gasteiger partial charge < -0.3 is 15.0 Å². The number of nitrogens with one attached hydrogen (secondary N) is 2. The maximum Gasteiger partial charge on any atom is 0.251 e. The number of hydrogen-bond donors (Lipinski definition) is 3. The number of piperidine rings is 1. The largest absolute Gasteiger partial charge is 0.489 e. The molecule has 1 saturated heterocycles. The molecule has 37 heavy (non-hydrogen) atoms. The first-order chi connectivity index (χ1) is 17.9. The lowest BCUT2D eigenvalue weighted by molar-refractivity contribution is -0.131. The predicted octanol–water partition coefficient (Wildman–Crippen LogP) is 3.95. The van der Waals surface area contributed by atoms with Crippen LogP contribution in [0.3, 0.4) is 0 Å². The maximum atomic E-state index is 13.1. The lowest BCUT2D eigenvalue weighted by Gasteiger charge is -2.42. The molecule has 1 fully saturated rings. The number of fused-ring (bicyclic) bond motifs is 1. The minimum atomic E-state index is -0.699. The first kappa shape index (κ1) is 26.9. The highest BCUT2D eigenvalue weighted by atomic mass is 32.2. The molecule has 2 amide bonds. The fourth-order valence-corrected chi connectivity index (χ4v) is 5.25. The van der Waals surface area contributed by atoms with Crippen LogP contribution in [-0.4, -0.2) is 64.1 Å². The molecular weight excluding hydrogens is 488 g/mol. The SMILES string of the molecule is CSCCN1CCC(CC(=O)NO)(NC(=O)c2ccc(OCc3cc(C)nc4ccccc34)cc2)CC1. The molecule has 0 aliphatic carbocycles. The van der Waals surface area contributed by atoms with Crippen molar-refractivity contribution in [1.29, 1.82) is 0 Å². The van der Waals surface area contributed by atoms with Crippen molar-refractivity contribution >= 4 is 34.5 Å². The number of hydrogen-bond acceptors (Lipinski definition) is 7. The molecule has 0 atom stereocenters. The number of para-hydroxylation sites is 1. The van der Waals surface area contributed by atoms with Crippen LogP contribution in [0.1, 0.15) is 40.9 Å². The second-order valence-electron chi connectivity index (χ2n) is 9.53. The van der Waals surface area contributed by atoms with E-state index in [1.807, 2.05) is 37.3 Å². The second-order valence-corrected chi connectivity index (χ2v) is 10.5. The molecule has 9 heteroatoms. The minimum absolute atomic E-state index is 0.0338. The van der Waals surface area contributed by atoms with Gasteiger partial charge in [0, 0.05) is 47.6 Å². The van der Waals surface area contributed by atoms with E-state index in [0.29, 0.717) is 30.8 Å². The highest BCUT2D eigenvalue weighted by Gasteiger charge is 2.38. The van der Waals surface area contributed by atoms with Crippen LogP contribution in [0.4, 0.5) is 0 Å². The van der Waals surface area contributed by atoms with Crippen LogP contribution in [0.15, 0.2) is 54.6 Å². The van der Waals surface area contributed by atoms with Gasteiger partial charge >= 0.3 is 0 Å². The molecule has 0 bridgehead atoms. The zero-order valence-corrected chi connectivity index (χ0v) is 22.1. The third kappa shape index (κ3) is 7.00. The fraction of sp³-hybridized carbons (Fsp3) is 0.393. The van der Waals surface area contributed by atoms with Crippen LogP contribution < -0.4 is 15.5 Å². The Hall–Kier alpha value is -3.14. The van der Waals surface area contributed by atoms with Crippen LogP contribution >= 0.6 is 11.8 Å². The zero-order valence-electron chi connectivity index (χ0n) is 21.3. The van der Waals surface area contributed by atoms with Gasteiger partial charge in [0.1, 0.15) is 12.4 Å². The monoisotopic (exact) mass is 522 g/mol. The van der Waals surface area contributed by atoms with Crippen LogP contribution in [0.5, 0.6) is 5.75 Å². The highest BCUT2D eigenvalue weighted by molar-refractivity contribution is 7.98. The van der Waals surface area contributed by atoms with Gasteiger partial charge in [-0.25, -0.2) is 5.48 Å². The van der Waals surface area contributed by atoms with E-state index in [1.54, 1.807) is 41.5 Å². The number of aromatic nitrogens is 1. The molecule has 0 saturated carbocycles. The van der Waals surface area contributed by atoms with E-state index in [1.165, 1.54) is 0 Å². The van der Waals surface area contributed by atoms with Crippen LogP contribution in [0, 0.1) is 6.92 Å². The normalized spacial score (nSPS) is 15.3. The Bertz CT molecular complexity index is 1230. The molecule has 1 aromatic heterocycles. The topological polar surface area (TPSA) is 104 Å². The average Bonchev–Trinajstić information content (AvgIpc) is 2.91. The summed E-state index contributed by atoms with van der Waals surface area (Å²) in [6, 6.07) is 17.0. The summed E-state index contributed by atoms with van der Waals surface area (Å²) < 4.78 is 6.02. The van der Waals surface area contributed by atoms with Crippen molar-refractivity contribution in [3.05, 3.63) is 71.4 Å². The Morgan fingerprint density at radius 3 is 2.57 bits per heavy atom. The Morgan fingerprint density at radius 2 is 1.86 bits per heavy atom. The van der Waals surface area contributed by atoms with Gasteiger partial charge in [-0.2, -0.15) is 11.8 Å². The number of benzene rings is 2. The number of aryl methyl sites for hydroxylation is 1. The third-order valence-corrected chi connectivity index (χ3v) is 7.46. The number of pyridine rings is 1. The van der Waals surface area contributed by atoms with Crippen molar-refractivity contribution in [3.8, 4) is 5.75 Å². The van der Waals surface area contributed by atoms with Gasteiger partial charge in [0.05, 0.1) is 17.5 Å². The summed E-state index contributed by atoms with van der Waals surface area (Å²) in [5, 5.41) is 13.3. The molecule has 4 rings (SSSR count). The summed E-state index contributed by atoms with van der Waals surface area (Å²) in [5.74, 6) is 0.958. The van der Waals surface area contributed by atoms with Crippen molar-refractivity contribution in [2.45, 2.75) is 38.3 Å². The zero-order chi connectivity index (χ0) is 26.3. The summed E-state index contributed by atoms with van der Waals surface area (Å²) in [7, 11) is 0. The fourth-order valence-electron chi connectivity index (χ4n) is 4.81. The molecular formula is C28H34N4O4S. The molecule has 196 valence electrons. The van der Waals surface area contributed by atoms with Gasteiger partial charge in [-0.05, 0) is 62.4 Å². The minimum Gasteiger partial charge on any atom is -0.489 e. The summed E-state index contributed by atoms with van der Waals surface area (Å²) in [5.41, 5.74) is 4.43. The van der Waals surface area contributed by atoms with Gasteiger partial charge in [-0.1, -0.05) is 18.2 Å². The van der Waals surface area contributed by atoms with E-state index in [9.17, 15) is 9.59 Å². The van der Waals surface area contributed by atoms with Crippen molar-refractivity contribution < 1.29 is 19.5 Å². The van der Waals surface area contributed by atoms with E-state index < -0.39 is 11.4 Å². The predicted molar refractivity (Wildman–Crippen MR) is 146 cm³/mol. The van der Waals surface area contributed by atoms with Gasteiger partial charge in [-0.15, -0.1) is 0 Å². The molecule has 3 aromatic rings. The molecule has 2 heterocycles. The van der Waals surface area contributed by atoms with Crippen LogP contribution in [-0.2, 0) is 11.4 Å². The van der Waals surface area contributed by atoms with Crippen LogP contribution in [0.2, 0.25) is 0 Å². The number of nitrogens with zero attached hydrogens (tertiary/aromatic N) is 2. The number of hydroxylamine groups is 1. The van der Waals surface area contributed by atoms with Crippen molar-refractivity contribution in [2.24, 2.45) is 0 Å². The smallest absolute Gasteiger partial charge is 0.251 e. The standard InChI is InChI=1S/C28H34N4O4S/c1-20-17-22(24-5-3-4-6-25(24)29-20)19-36-23-9-7-21(8-10-23)27(34)30-28(18-26(33)31-35)11-13-32(14-12-28)15-16-37-2/h3-10,17,35H,11-16,18-19H2,1-2H3,(H,30,34)(H,31,33). The van der Waals surface area contributed by atoms with E-state index >= 15 is 0 Å². The summed E-state index contributed by atoms with van der Waals surface area (Å²) in [4.78, 5) is 32.1. The maximum absolute atomic E-state index is 13.1. The second kappa shape index (κ2) is 12.4. The van der Waals surface area contributed by atoms with Gasteiger partial charge in [0.25, 0.3) is 5.91 Å². The van der Waals surface area contributed by atoms with Gasteiger partial charge in [0.2, 0.25) is 5.91 Å². The van der Waals surface area contributed by atoms with Gasteiger partial charge in [-0.3, -0.25) is 19.8 Å². The lowest BCUT2D eigenvalue weighted by atomic mass is 9.83. The van der Waals surface area contributed by atoms with Gasteiger partial charge in [0.15, 0.2) is 0 Å². The van der Waals surface area contributed by atoms with E-state index in [-0.39, 0.29) is 12.3 Å². The molecule has 1 aliphatic rings. The molecule has 0 spiro atoms. The highest BCUT2D eigenvalue weighted by Crippen LogP contribution is 2.27. The quantitative estimate of drug-likeness (QED) is 0.274. The van der Waals surface area contributed by atoms with Crippen molar-refractivity contribution in [2.75, 3.05) is 31.6 Å². The first-order valence-corrected chi connectivity index (χ1v) is 13.9. The van der Waals surface area contributed by atoms with E-state index in [0.717, 1.165) is 47.5 Å². The number of rotatable bonds is 10. The molecule has 1 aliphatic heterocycles. The Morgan fingerprint density at radius 1 is 1.14 bits per heavy atom. The molecule has 0 radical (unpaired) electrons. The third-order valence-electron chi connectivity index (χ3n) is 6.87. The number of carbonyl (C=O) groups excluding carboxylic acids is 2. The summed E-state index contributed by atoms with van der Waals surface area (Å²) in [6.45, 7) is 4.91. The van der Waals surface area contributed by atoms with Crippen LogP contribution in [0.25, 0.3) is 10.9 Å². The number of ether oxygens (including phenoxy) is 1. The molecule has 2 aromatic carbocycles. The molecule has 3 N–H and O–H groups in total. The lowest BCUT2D eigenvalue weighted by Crippen LogP contribution is -2.57. The summed E-state index contributed by atoms with van der Waals surface area (Å²) in [6.07, 6.45) is 3.40. The van der Waals surface area contributed by atoms with E-state index in [2.05, 4.69) is 21.5 Å². The number of thioether (sulfide) groups is 1.